The van der Waals surface area contributed by atoms with Crippen molar-refractivity contribution in [2.75, 3.05) is 6.61 Å². The maximum absolute atomic E-state index is 11.0. The Morgan fingerprint density at radius 3 is 2.39 bits per heavy atom. The summed E-state index contributed by atoms with van der Waals surface area (Å²) in [5, 5.41) is 18.7. The summed E-state index contributed by atoms with van der Waals surface area (Å²) in [6.07, 6.45) is -1.39. The number of nitro benzene ring substituents is 1. The normalized spacial score (nSPS) is 9.56. The number of rotatable bonds is 5. The van der Waals surface area contributed by atoms with Crippen molar-refractivity contribution in [3.8, 4) is 5.75 Å². The van der Waals surface area contributed by atoms with Crippen molar-refractivity contribution in [1.82, 2.24) is 0 Å². The Bertz CT molecular complexity index is 454. The van der Waals surface area contributed by atoms with E-state index in [9.17, 15) is 19.7 Å². The summed E-state index contributed by atoms with van der Waals surface area (Å²) in [4.78, 5) is 31.0. The van der Waals surface area contributed by atoms with E-state index in [0.29, 0.717) is 0 Å². The van der Waals surface area contributed by atoms with Crippen LogP contribution in [-0.4, -0.2) is 28.8 Å². The van der Waals surface area contributed by atoms with Crippen molar-refractivity contribution < 1.29 is 29.1 Å². The molecule has 0 saturated carbocycles. The molecule has 0 amide bonds. The number of aliphatic carboxylic acids is 1. The van der Waals surface area contributed by atoms with E-state index in [4.69, 9.17) is 5.11 Å². The number of nitro groups is 1. The Labute approximate surface area is 101 Å². The molecule has 0 saturated heterocycles. The molecule has 18 heavy (non-hydrogen) atoms. The van der Waals surface area contributed by atoms with Gasteiger partial charge in [-0.2, -0.15) is 0 Å². The minimum absolute atomic E-state index is 0.0703. The van der Waals surface area contributed by atoms with Gasteiger partial charge in [-0.15, -0.1) is 0 Å². The third-order valence-electron chi connectivity index (χ3n) is 1.78. The van der Waals surface area contributed by atoms with E-state index < -0.39 is 17.0 Å². The zero-order chi connectivity index (χ0) is 13.5. The number of carboxylic acids is 1. The average Bonchev–Trinajstić information content (AvgIpc) is 2.29. The van der Waals surface area contributed by atoms with Crippen LogP contribution in [0.2, 0.25) is 0 Å². The van der Waals surface area contributed by atoms with Crippen LogP contribution in [0.15, 0.2) is 24.3 Å². The van der Waals surface area contributed by atoms with Crippen LogP contribution in [0.3, 0.4) is 0 Å². The predicted molar refractivity (Wildman–Crippen MR) is 57.3 cm³/mol. The number of hydrogen-bond donors (Lipinski definition) is 1. The molecule has 0 radical (unpaired) electrons. The van der Waals surface area contributed by atoms with Gasteiger partial charge in [0.15, 0.2) is 0 Å². The Morgan fingerprint density at radius 1 is 1.28 bits per heavy atom. The lowest BCUT2D eigenvalue weighted by Gasteiger charge is -2.04. The lowest BCUT2D eigenvalue weighted by molar-refractivity contribution is -0.384. The molecule has 0 aromatic heterocycles. The van der Waals surface area contributed by atoms with Gasteiger partial charge in [0.1, 0.15) is 12.4 Å². The van der Waals surface area contributed by atoms with Crippen LogP contribution >= 0.6 is 0 Å². The molecule has 96 valence electrons. The average molecular weight is 255 g/mol. The summed E-state index contributed by atoms with van der Waals surface area (Å²) in [6, 6.07) is 4.80. The number of benzene rings is 1. The fourth-order valence-electron chi connectivity index (χ4n) is 0.983. The molecule has 0 spiro atoms. The number of nitrogens with zero attached hydrogens (tertiary/aromatic N) is 1. The van der Waals surface area contributed by atoms with E-state index in [1.54, 1.807) is 0 Å². The second kappa shape index (κ2) is 6.18. The molecule has 1 aromatic carbocycles. The van der Waals surface area contributed by atoms with Gasteiger partial charge in [0.05, 0.1) is 11.3 Å². The van der Waals surface area contributed by atoms with E-state index in [-0.39, 0.29) is 24.5 Å². The molecule has 1 rings (SSSR count). The molecule has 0 atom stereocenters. The summed E-state index contributed by atoms with van der Waals surface area (Å²) < 4.78 is 9.11. The Kier molecular flexibility index (Phi) is 4.61. The molecule has 1 aromatic rings. The lowest BCUT2D eigenvalue weighted by atomic mass is 10.3. The standard InChI is InChI=1S/C10H9NO7/c12-9(13)5-6-17-10(14)18-8-3-1-7(2-4-8)11(15)16/h1-4H,5-6H2,(H,12,13). The van der Waals surface area contributed by atoms with Crippen LogP contribution in [0.25, 0.3) is 0 Å². The first kappa shape index (κ1) is 13.4. The molecule has 0 heterocycles. The number of carbonyl (C=O) groups excluding carboxylic acids is 1. The number of carbonyl (C=O) groups is 2. The van der Waals surface area contributed by atoms with E-state index >= 15 is 0 Å². The lowest BCUT2D eigenvalue weighted by Crippen LogP contribution is -2.13. The summed E-state index contributed by atoms with van der Waals surface area (Å²) in [5.41, 5.74) is -0.137. The van der Waals surface area contributed by atoms with Gasteiger partial charge in [-0.3, -0.25) is 14.9 Å². The number of ether oxygens (including phenoxy) is 2. The highest BCUT2D eigenvalue weighted by Crippen LogP contribution is 2.17. The fraction of sp³-hybridized carbons (Fsp3) is 0.200. The highest BCUT2D eigenvalue weighted by Gasteiger charge is 2.09. The molecule has 0 bridgehead atoms. The SMILES string of the molecule is O=C(O)CCOC(=O)Oc1ccc([N+](=O)[O-])cc1. The molecule has 0 aliphatic heterocycles. The van der Waals surface area contributed by atoms with Crippen molar-refractivity contribution in [2.45, 2.75) is 6.42 Å². The highest BCUT2D eigenvalue weighted by molar-refractivity contribution is 5.68. The second-order valence-corrected chi connectivity index (χ2v) is 3.10. The summed E-state index contributed by atoms with van der Waals surface area (Å²) >= 11 is 0. The highest BCUT2D eigenvalue weighted by atomic mass is 16.7. The van der Waals surface area contributed by atoms with Gasteiger partial charge in [0.2, 0.25) is 0 Å². The van der Waals surface area contributed by atoms with Gasteiger partial charge >= 0.3 is 12.1 Å². The Hall–Kier alpha value is -2.64. The van der Waals surface area contributed by atoms with Crippen LogP contribution in [0.1, 0.15) is 6.42 Å². The first-order chi connectivity index (χ1) is 8.49. The third kappa shape index (κ3) is 4.47. The smallest absolute Gasteiger partial charge is 0.481 e. The van der Waals surface area contributed by atoms with Gasteiger partial charge in [0.25, 0.3) is 5.69 Å². The molecule has 0 fully saturated rings. The topological polar surface area (TPSA) is 116 Å². The summed E-state index contributed by atoms with van der Waals surface area (Å²) in [7, 11) is 0. The zero-order valence-electron chi connectivity index (χ0n) is 9.07. The molecule has 0 aliphatic carbocycles. The van der Waals surface area contributed by atoms with Gasteiger partial charge in [-0.25, -0.2) is 4.79 Å². The van der Waals surface area contributed by atoms with Crippen molar-refractivity contribution in [3.63, 3.8) is 0 Å². The third-order valence-corrected chi connectivity index (χ3v) is 1.78. The van der Waals surface area contributed by atoms with Gasteiger partial charge in [0, 0.05) is 12.1 Å². The first-order valence-corrected chi connectivity index (χ1v) is 4.80. The van der Waals surface area contributed by atoms with Crippen molar-refractivity contribution in [3.05, 3.63) is 34.4 Å². The van der Waals surface area contributed by atoms with Crippen LogP contribution in [0.4, 0.5) is 10.5 Å². The molecular weight excluding hydrogens is 246 g/mol. The fourth-order valence-corrected chi connectivity index (χ4v) is 0.983. The van der Waals surface area contributed by atoms with Crippen LogP contribution in [-0.2, 0) is 9.53 Å². The van der Waals surface area contributed by atoms with Gasteiger partial charge < -0.3 is 14.6 Å². The molecule has 0 unspecified atom stereocenters. The number of hydrogen-bond acceptors (Lipinski definition) is 6. The minimum Gasteiger partial charge on any atom is -0.481 e. The zero-order valence-corrected chi connectivity index (χ0v) is 9.07. The van der Waals surface area contributed by atoms with Gasteiger partial charge in [-0.05, 0) is 12.1 Å². The van der Waals surface area contributed by atoms with Crippen molar-refractivity contribution in [2.24, 2.45) is 0 Å². The monoisotopic (exact) mass is 255 g/mol. The van der Waals surface area contributed by atoms with E-state index in [1.807, 2.05) is 0 Å². The molecule has 8 nitrogen and oxygen atoms in total. The molecule has 0 aliphatic rings. The largest absolute Gasteiger partial charge is 0.513 e. The Morgan fingerprint density at radius 2 is 1.89 bits per heavy atom. The predicted octanol–water partition coefficient (Wildman–Crippen LogP) is 1.58. The molecular formula is C10H9NO7. The van der Waals surface area contributed by atoms with E-state index in [2.05, 4.69) is 9.47 Å². The number of non-ortho nitro benzene ring substituents is 1. The maximum atomic E-state index is 11.0. The summed E-state index contributed by atoms with van der Waals surface area (Å²) in [5.74, 6) is -1.03. The minimum atomic E-state index is -1.10. The molecule has 8 heteroatoms. The van der Waals surface area contributed by atoms with Crippen LogP contribution in [0.5, 0.6) is 5.75 Å². The second-order valence-electron chi connectivity index (χ2n) is 3.10. The summed E-state index contributed by atoms with van der Waals surface area (Å²) in [6.45, 7) is -0.304. The maximum Gasteiger partial charge on any atom is 0.513 e. The van der Waals surface area contributed by atoms with Gasteiger partial charge in [-0.1, -0.05) is 0 Å². The van der Waals surface area contributed by atoms with Crippen molar-refractivity contribution >= 4 is 17.8 Å². The first-order valence-electron chi connectivity index (χ1n) is 4.80. The van der Waals surface area contributed by atoms with Crippen molar-refractivity contribution in [1.29, 1.82) is 0 Å². The van der Waals surface area contributed by atoms with Crippen LogP contribution < -0.4 is 4.74 Å². The molecule has 1 N–H and O–H groups in total. The van der Waals surface area contributed by atoms with Crippen LogP contribution in [0, 0.1) is 10.1 Å². The van der Waals surface area contributed by atoms with E-state index in [1.165, 1.54) is 24.3 Å². The Balaban J connectivity index is 2.44. The quantitative estimate of drug-likeness (QED) is 0.367. The number of carboxylic acid groups (broad SMARTS) is 1. The van der Waals surface area contributed by atoms with E-state index in [0.717, 1.165) is 0 Å².